The molecule has 3 aromatic rings. The van der Waals surface area contributed by atoms with Crippen LogP contribution in [-0.4, -0.2) is 54.6 Å². The minimum Gasteiger partial charge on any atom is -0.493 e. The van der Waals surface area contributed by atoms with E-state index in [-0.39, 0.29) is 12.5 Å². The Morgan fingerprint density at radius 1 is 1.06 bits per heavy atom. The lowest BCUT2D eigenvalue weighted by molar-refractivity contribution is 0.0683. The number of hydrogen-bond donors (Lipinski definition) is 1. The Morgan fingerprint density at radius 2 is 1.78 bits per heavy atom. The van der Waals surface area contributed by atoms with E-state index in [9.17, 15) is 9.59 Å². The first-order valence-electron chi connectivity index (χ1n) is 11.6. The summed E-state index contributed by atoms with van der Waals surface area (Å²) in [5, 5.41) is 8.94. The van der Waals surface area contributed by atoms with E-state index in [0.717, 1.165) is 11.1 Å². The Hall–Kier alpha value is -4.40. The highest BCUT2D eigenvalue weighted by molar-refractivity contribution is 6.06. The topological polar surface area (TPSA) is 102 Å². The molecule has 0 fully saturated rings. The molecule has 0 bridgehead atoms. The summed E-state index contributed by atoms with van der Waals surface area (Å²) < 4.78 is 16.5. The van der Waals surface area contributed by atoms with Crippen LogP contribution in [0.4, 0.5) is 4.79 Å². The second-order valence-corrected chi connectivity index (χ2v) is 8.09. The second-order valence-electron chi connectivity index (χ2n) is 8.09. The van der Waals surface area contributed by atoms with Gasteiger partial charge in [-0.2, -0.15) is 10.1 Å². The van der Waals surface area contributed by atoms with Crippen molar-refractivity contribution in [3.05, 3.63) is 89.7 Å². The molecule has 1 aromatic heterocycles. The van der Waals surface area contributed by atoms with Crippen LogP contribution >= 0.6 is 0 Å². The number of pyridine rings is 1. The Kier molecular flexibility index (Phi) is 7.79. The van der Waals surface area contributed by atoms with Gasteiger partial charge in [-0.05, 0) is 42.3 Å². The van der Waals surface area contributed by atoms with Crippen LogP contribution in [0.2, 0.25) is 0 Å². The summed E-state index contributed by atoms with van der Waals surface area (Å²) in [4.78, 5) is 29.8. The van der Waals surface area contributed by atoms with Gasteiger partial charge in [0, 0.05) is 23.5 Å². The third kappa shape index (κ3) is 5.46. The third-order valence-corrected chi connectivity index (χ3v) is 5.84. The van der Waals surface area contributed by atoms with E-state index in [0.29, 0.717) is 29.2 Å². The summed E-state index contributed by atoms with van der Waals surface area (Å²) in [6.45, 7) is 2.00. The van der Waals surface area contributed by atoms with Gasteiger partial charge in [0.25, 0.3) is 5.91 Å². The zero-order valence-corrected chi connectivity index (χ0v) is 20.4. The predicted octanol–water partition coefficient (Wildman–Crippen LogP) is 4.21. The number of benzene rings is 2. The van der Waals surface area contributed by atoms with Gasteiger partial charge in [0.2, 0.25) is 0 Å². The van der Waals surface area contributed by atoms with Crippen molar-refractivity contribution < 1.29 is 23.8 Å². The van der Waals surface area contributed by atoms with E-state index in [1.165, 1.54) is 5.01 Å². The van der Waals surface area contributed by atoms with Gasteiger partial charge in [-0.1, -0.05) is 37.3 Å². The van der Waals surface area contributed by atoms with E-state index in [2.05, 4.69) is 15.4 Å². The van der Waals surface area contributed by atoms with Crippen LogP contribution in [-0.2, 0) is 4.74 Å². The lowest BCUT2D eigenvalue weighted by Crippen LogP contribution is -2.45. The number of methoxy groups -OCH3 is 2. The summed E-state index contributed by atoms with van der Waals surface area (Å²) in [7, 11) is 3.13. The van der Waals surface area contributed by atoms with Crippen LogP contribution in [0.3, 0.4) is 0 Å². The van der Waals surface area contributed by atoms with Crippen molar-refractivity contribution in [1.82, 2.24) is 15.3 Å². The molecule has 0 saturated carbocycles. The number of nitrogens with zero attached hydrogens (tertiary/aromatic N) is 3. The van der Waals surface area contributed by atoms with E-state index in [1.54, 1.807) is 50.9 Å². The van der Waals surface area contributed by atoms with Crippen molar-refractivity contribution in [2.75, 3.05) is 20.8 Å². The molecule has 1 aliphatic heterocycles. The molecule has 0 spiro atoms. The molecule has 0 radical (unpaired) electrons. The van der Waals surface area contributed by atoms with Gasteiger partial charge < -0.3 is 19.5 Å². The van der Waals surface area contributed by atoms with Gasteiger partial charge in [-0.3, -0.25) is 9.78 Å². The zero-order chi connectivity index (χ0) is 25.5. The molecule has 1 N–H and O–H groups in total. The zero-order valence-electron chi connectivity index (χ0n) is 20.4. The molecule has 186 valence electrons. The molecule has 9 nitrogen and oxygen atoms in total. The number of carbonyl (C=O) groups excluding carboxylic acids is 2. The number of aromatic nitrogens is 1. The van der Waals surface area contributed by atoms with E-state index in [1.807, 2.05) is 43.3 Å². The largest absolute Gasteiger partial charge is 0.493 e. The van der Waals surface area contributed by atoms with Crippen LogP contribution in [0, 0.1) is 0 Å². The number of hydrogen-bond acceptors (Lipinski definition) is 7. The predicted molar refractivity (Wildman–Crippen MR) is 134 cm³/mol. The average molecular weight is 489 g/mol. The summed E-state index contributed by atoms with van der Waals surface area (Å²) in [6, 6.07) is 17.6. The number of rotatable bonds is 9. The maximum absolute atomic E-state index is 12.9. The lowest BCUT2D eigenvalue weighted by Gasteiger charge is -2.32. The molecule has 4 rings (SSSR count). The molecule has 2 atom stereocenters. The molecule has 0 aliphatic carbocycles. The number of carbonyl (C=O) groups is 2. The molecule has 1 aliphatic rings. The van der Waals surface area contributed by atoms with E-state index < -0.39 is 18.2 Å². The molecular weight excluding hydrogens is 460 g/mol. The van der Waals surface area contributed by atoms with Gasteiger partial charge >= 0.3 is 6.09 Å². The minimum absolute atomic E-state index is 0.0763. The Bertz CT molecular complexity index is 1230. The molecule has 0 saturated heterocycles. The SMILES string of the molecule is CCC1OC(=O)N(CC(NC(=O)c2ccncc2)c2ccccc2)N=C1c1ccc(OC)c(OC)c1. The highest BCUT2D eigenvalue weighted by atomic mass is 16.6. The maximum Gasteiger partial charge on any atom is 0.431 e. The fraction of sp³-hybridized carbons (Fsp3) is 0.259. The number of amides is 2. The van der Waals surface area contributed by atoms with Gasteiger partial charge in [-0.25, -0.2) is 4.79 Å². The van der Waals surface area contributed by atoms with Gasteiger partial charge in [0.1, 0.15) is 11.8 Å². The first-order chi connectivity index (χ1) is 17.5. The summed E-state index contributed by atoms with van der Waals surface area (Å²) in [5.74, 6) is 0.845. The summed E-state index contributed by atoms with van der Waals surface area (Å²) in [6.07, 6.45) is 2.56. The maximum atomic E-state index is 12.9. The number of hydrazone groups is 1. The first-order valence-corrected chi connectivity index (χ1v) is 11.6. The standard InChI is InChI=1S/C27H28N4O5/c1-4-22-25(20-10-11-23(34-2)24(16-20)35-3)30-31(27(33)36-22)17-21(18-8-6-5-7-9-18)29-26(32)19-12-14-28-15-13-19/h5-16,21-22H,4,17H2,1-3H3,(H,29,32). The minimum atomic E-state index is -0.579. The highest BCUT2D eigenvalue weighted by Gasteiger charge is 2.33. The number of cyclic esters (lactones) is 1. The molecule has 9 heteroatoms. The van der Waals surface area contributed by atoms with Crippen molar-refractivity contribution in [1.29, 1.82) is 0 Å². The van der Waals surface area contributed by atoms with Crippen molar-refractivity contribution in [3.8, 4) is 11.5 Å². The fourth-order valence-electron chi connectivity index (χ4n) is 3.94. The molecule has 36 heavy (non-hydrogen) atoms. The molecule has 2 heterocycles. The second kappa shape index (κ2) is 11.4. The molecular formula is C27H28N4O5. The Balaban J connectivity index is 1.66. The smallest absolute Gasteiger partial charge is 0.431 e. The summed E-state index contributed by atoms with van der Waals surface area (Å²) in [5.41, 5.74) is 2.63. The van der Waals surface area contributed by atoms with Crippen molar-refractivity contribution >= 4 is 17.7 Å². The molecule has 2 unspecified atom stereocenters. The average Bonchev–Trinajstić information content (AvgIpc) is 2.93. The van der Waals surface area contributed by atoms with Crippen LogP contribution < -0.4 is 14.8 Å². The van der Waals surface area contributed by atoms with Crippen molar-refractivity contribution in [2.24, 2.45) is 5.10 Å². The first kappa shape index (κ1) is 24.7. The normalized spacial score (nSPS) is 16.0. The van der Waals surface area contributed by atoms with Crippen LogP contribution in [0.15, 0.2) is 78.2 Å². The van der Waals surface area contributed by atoms with Crippen LogP contribution in [0.5, 0.6) is 11.5 Å². The molecule has 2 amide bonds. The third-order valence-electron chi connectivity index (χ3n) is 5.84. The van der Waals surface area contributed by atoms with Crippen LogP contribution in [0.1, 0.15) is 40.9 Å². The van der Waals surface area contributed by atoms with E-state index in [4.69, 9.17) is 14.2 Å². The summed E-state index contributed by atoms with van der Waals surface area (Å²) >= 11 is 0. The lowest BCUT2D eigenvalue weighted by atomic mass is 10.0. The van der Waals surface area contributed by atoms with Gasteiger partial charge in [0.15, 0.2) is 11.5 Å². The fourth-order valence-corrected chi connectivity index (χ4v) is 3.94. The van der Waals surface area contributed by atoms with Gasteiger partial charge in [-0.15, -0.1) is 0 Å². The highest BCUT2D eigenvalue weighted by Crippen LogP contribution is 2.30. The van der Waals surface area contributed by atoms with Crippen molar-refractivity contribution in [3.63, 3.8) is 0 Å². The van der Waals surface area contributed by atoms with Crippen LogP contribution in [0.25, 0.3) is 0 Å². The number of nitrogens with one attached hydrogen (secondary N) is 1. The molecule has 2 aromatic carbocycles. The Labute approximate surface area is 209 Å². The Morgan fingerprint density at radius 3 is 2.44 bits per heavy atom. The monoisotopic (exact) mass is 488 g/mol. The quantitative estimate of drug-likeness (QED) is 0.484. The van der Waals surface area contributed by atoms with Crippen molar-refractivity contribution in [2.45, 2.75) is 25.5 Å². The van der Waals surface area contributed by atoms with E-state index >= 15 is 0 Å². The number of ether oxygens (including phenoxy) is 3. The van der Waals surface area contributed by atoms with Gasteiger partial charge in [0.05, 0.1) is 26.8 Å².